The topological polar surface area (TPSA) is 59.7 Å². The van der Waals surface area contributed by atoms with Gasteiger partial charge in [0, 0.05) is 11.1 Å². The number of aromatic carboxylic acids is 1. The fourth-order valence-corrected chi connectivity index (χ4v) is 3.11. The normalized spacial score (nSPS) is 10.6. The van der Waals surface area contributed by atoms with Gasteiger partial charge >= 0.3 is 5.97 Å². The van der Waals surface area contributed by atoms with E-state index in [2.05, 4.69) is 0 Å². The molecule has 0 unspecified atom stereocenters. The van der Waals surface area contributed by atoms with E-state index in [-0.39, 0.29) is 5.76 Å². The van der Waals surface area contributed by atoms with Crippen LogP contribution in [-0.2, 0) is 6.61 Å². The molecule has 3 aromatic carbocycles. The van der Waals surface area contributed by atoms with E-state index in [1.165, 1.54) is 6.26 Å². The lowest BCUT2D eigenvalue weighted by Crippen LogP contribution is -1.98. The number of furan rings is 1. The smallest absolute Gasteiger partial charge is 0.372 e. The average molecular weight is 370 g/mol. The molecule has 28 heavy (non-hydrogen) atoms. The maximum atomic E-state index is 11.7. The lowest BCUT2D eigenvalue weighted by molar-refractivity contribution is 0.0663. The van der Waals surface area contributed by atoms with E-state index < -0.39 is 5.97 Å². The first-order valence-electron chi connectivity index (χ1n) is 8.90. The third-order valence-electron chi connectivity index (χ3n) is 4.44. The molecule has 0 saturated carbocycles. The summed E-state index contributed by atoms with van der Waals surface area (Å²) in [5.41, 5.74) is 3.97. The Morgan fingerprint density at radius 2 is 1.54 bits per heavy atom. The molecule has 0 aliphatic carbocycles. The first kappa shape index (κ1) is 17.6. The van der Waals surface area contributed by atoms with Crippen LogP contribution in [0.4, 0.5) is 0 Å². The Bertz CT molecular complexity index is 1080. The molecular weight excluding hydrogens is 352 g/mol. The summed E-state index contributed by atoms with van der Waals surface area (Å²) >= 11 is 0. The van der Waals surface area contributed by atoms with Crippen molar-refractivity contribution < 1.29 is 19.1 Å². The van der Waals surface area contributed by atoms with Gasteiger partial charge in [-0.1, -0.05) is 72.8 Å². The fourth-order valence-electron chi connectivity index (χ4n) is 3.11. The van der Waals surface area contributed by atoms with Crippen LogP contribution in [0.15, 0.2) is 95.6 Å². The van der Waals surface area contributed by atoms with Crippen LogP contribution >= 0.6 is 0 Å². The van der Waals surface area contributed by atoms with Crippen LogP contribution in [0, 0.1) is 0 Å². The lowest BCUT2D eigenvalue weighted by atomic mass is 9.96. The summed E-state index contributed by atoms with van der Waals surface area (Å²) in [5.74, 6) is -0.523. The molecule has 4 aromatic rings. The molecular formula is C24H18O4. The first-order valence-corrected chi connectivity index (χ1v) is 8.90. The van der Waals surface area contributed by atoms with E-state index in [4.69, 9.17) is 9.15 Å². The van der Waals surface area contributed by atoms with Crippen molar-refractivity contribution in [2.75, 3.05) is 0 Å². The Labute approximate surface area is 162 Å². The molecule has 0 radical (unpaired) electrons. The zero-order valence-corrected chi connectivity index (χ0v) is 15.0. The Kier molecular flexibility index (Phi) is 4.93. The number of benzene rings is 3. The molecule has 0 saturated heterocycles. The SMILES string of the molecule is O=C(O)c1occ(-c2ccccc2)c1-c1cccc(OCc2ccccc2)c1. The highest BCUT2D eigenvalue weighted by Crippen LogP contribution is 2.38. The molecule has 138 valence electrons. The van der Waals surface area contributed by atoms with Crippen LogP contribution in [0.2, 0.25) is 0 Å². The minimum Gasteiger partial charge on any atom is -0.489 e. The molecule has 0 atom stereocenters. The molecule has 0 bridgehead atoms. The Morgan fingerprint density at radius 1 is 0.857 bits per heavy atom. The maximum Gasteiger partial charge on any atom is 0.372 e. The van der Waals surface area contributed by atoms with Crippen molar-refractivity contribution in [2.45, 2.75) is 6.61 Å². The van der Waals surface area contributed by atoms with Crippen molar-refractivity contribution in [2.24, 2.45) is 0 Å². The van der Waals surface area contributed by atoms with E-state index in [0.29, 0.717) is 17.9 Å². The van der Waals surface area contributed by atoms with Gasteiger partial charge in [0.1, 0.15) is 18.6 Å². The van der Waals surface area contributed by atoms with Crippen molar-refractivity contribution in [3.8, 4) is 28.0 Å². The third-order valence-corrected chi connectivity index (χ3v) is 4.44. The Morgan fingerprint density at radius 3 is 2.25 bits per heavy atom. The molecule has 1 aromatic heterocycles. The molecule has 0 fully saturated rings. The predicted molar refractivity (Wildman–Crippen MR) is 107 cm³/mol. The summed E-state index contributed by atoms with van der Waals surface area (Å²) in [6.07, 6.45) is 1.49. The standard InChI is InChI=1S/C24H18O4/c25-24(26)23-22(21(16-28-23)18-10-5-2-6-11-18)19-12-7-13-20(14-19)27-15-17-8-3-1-4-9-17/h1-14,16H,15H2,(H,25,26). The summed E-state index contributed by atoms with van der Waals surface area (Å²) in [6, 6.07) is 26.9. The molecule has 0 spiro atoms. The number of carbonyl (C=O) groups is 1. The van der Waals surface area contributed by atoms with Gasteiger partial charge in [-0.2, -0.15) is 0 Å². The van der Waals surface area contributed by atoms with Gasteiger partial charge in [0.2, 0.25) is 5.76 Å². The number of carboxylic acids is 1. The number of ether oxygens (including phenoxy) is 1. The maximum absolute atomic E-state index is 11.7. The fraction of sp³-hybridized carbons (Fsp3) is 0.0417. The number of rotatable bonds is 6. The van der Waals surface area contributed by atoms with Crippen molar-refractivity contribution in [1.82, 2.24) is 0 Å². The minimum absolute atomic E-state index is 0.0842. The molecule has 0 aliphatic rings. The van der Waals surface area contributed by atoms with Crippen LogP contribution in [0.1, 0.15) is 16.1 Å². The second-order valence-electron chi connectivity index (χ2n) is 6.33. The van der Waals surface area contributed by atoms with Gasteiger partial charge < -0.3 is 14.3 Å². The summed E-state index contributed by atoms with van der Waals surface area (Å²) < 4.78 is 11.3. The Hall–Kier alpha value is -3.79. The minimum atomic E-state index is -1.10. The summed E-state index contributed by atoms with van der Waals surface area (Å²) in [5, 5.41) is 9.58. The second kappa shape index (κ2) is 7.84. The molecule has 1 heterocycles. The largest absolute Gasteiger partial charge is 0.489 e. The average Bonchev–Trinajstić information content (AvgIpc) is 3.19. The van der Waals surface area contributed by atoms with Gasteiger partial charge in [0.05, 0.1) is 0 Å². The zero-order valence-electron chi connectivity index (χ0n) is 15.0. The molecule has 4 nitrogen and oxygen atoms in total. The third kappa shape index (κ3) is 3.67. The summed E-state index contributed by atoms with van der Waals surface area (Å²) in [7, 11) is 0. The van der Waals surface area contributed by atoms with Crippen LogP contribution in [0.25, 0.3) is 22.3 Å². The second-order valence-corrected chi connectivity index (χ2v) is 6.33. The van der Waals surface area contributed by atoms with Gasteiger partial charge in [-0.05, 0) is 28.8 Å². The van der Waals surface area contributed by atoms with Crippen molar-refractivity contribution in [1.29, 1.82) is 0 Å². The molecule has 4 rings (SSSR count). The van der Waals surface area contributed by atoms with E-state index >= 15 is 0 Å². The van der Waals surface area contributed by atoms with Gasteiger partial charge in [-0.15, -0.1) is 0 Å². The first-order chi connectivity index (χ1) is 13.7. The van der Waals surface area contributed by atoms with E-state index in [9.17, 15) is 9.90 Å². The van der Waals surface area contributed by atoms with E-state index in [1.54, 1.807) is 0 Å². The highest BCUT2D eigenvalue weighted by Gasteiger charge is 2.22. The number of carboxylic acid groups (broad SMARTS) is 1. The van der Waals surface area contributed by atoms with Gasteiger partial charge in [0.15, 0.2) is 0 Å². The van der Waals surface area contributed by atoms with E-state index in [0.717, 1.165) is 22.3 Å². The highest BCUT2D eigenvalue weighted by molar-refractivity contribution is 5.99. The van der Waals surface area contributed by atoms with Crippen LogP contribution in [0.3, 0.4) is 0 Å². The van der Waals surface area contributed by atoms with Gasteiger partial charge in [-0.25, -0.2) is 4.79 Å². The summed E-state index contributed by atoms with van der Waals surface area (Å²) in [6.45, 7) is 0.438. The molecule has 0 amide bonds. The van der Waals surface area contributed by atoms with Crippen LogP contribution in [0.5, 0.6) is 5.75 Å². The van der Waals surface area contributed by atoms with Crippen molar-refractivity contribution in [3.05, 3.63) is 103 Å². The molecule has 1 N–H and O–H groups in total. The lowest BCUT2D eigenvalue weighted by Gasteiger charge is -2.09. The molecule has 4 heteroatoms. The summed E-state index contributed by atoms with van der Waals surface area (Å²) in [4.78, 5) is 11.7. The Balaban J connectivity index is 1.71. The quantitative estimate of drug-likeness (QED) is 0.460. The predicted octanol–water partition coefficient (Wildman–Crippen LogP) is 5.89. The number of hydrogen-bond acceptors (Lipinski definition) is 3. The van der Waals surface area contributed by atoms with Crippen molar-refractivity contribution >= 4 is 5.97 Å². The van der Waals surface area contributed by atoms with Gasteiger partial charge in [0.25, 0.3) is 0 Å². The van der Waals surface area contributed by atoms with Crippen LogP contribution < -0.4 is 4.74 Å². The van der Waals surface area contributed by atoms with Crippen molar-refractivity contribution in [3.63, 3.8) is 0 Å². The van der Waals surface area contributed by atoms with Gasteiger partial charge in [-0.3, -0.25) is 0 Å². The molecule has 0 aliphatic heterocycles. The highest BCUT2D eigenvalue weighted by atomic mass is 16.5. The van der Waals surface area contributed by atoms with Crippen LogP contribution in [-0.4, -0.2) is 11.1 Å². The van der Waals surface area contributed by atoms with E-state index in [1.807, 2.05) is 84.9 Å². The zero-order chi connectivity index (χ0) is 19.3. The number of hydrogen-bond donors (Lipinski definition) is 1. The monoisotopic (exact) mass is 370 g/mol.